The standard InChI is InChI=1S/C27H32N2O3S/c1-19-7-9-21(10-8-19)18-29-23-5-3-4-6-24(23)33-25(27(29)31)17-20-11-13-22(14-12-20)26(30)28-15-16-32-2/h7-14,17,23-24H,3-6,15-16,18H2,1-2H3,(H,28,30)/b25-17+. The monoisotopic (exact) mass is 464 g/mol. The van der Waals surface area contributed by atoms with Crippen LogP contribution in [0.3, 0.4) is 0 Å². The molecule has 2 aromatic rings. The van der Waals surface area contributed by atoms with E-state index in [0.29, 0.717) is 36.6 Å². The van der Waals surface area contributed by atoms with Gasteiger partial charge in [0.05, 0.1) is 11.5 Å². The number of ether oxygens (including phenoxy) is 1. The van der Waals surface area contributed by atoms with E-state index in [0.717, 1.165) is 23.3 Å². The van der Waals surface area contributed by atoms with Gasteiger partial charge in [0.2, 0.25) is 0 Å². The maximum absolute atomic E-state index is 13.5. The first-order valence-corrected chi connectivity index (χ1v) is 12.5. The molecule has 0 bridgehead atoms. The van der Waals surface area contributed by atoms with Crippen LogP contribution in [0.4, 0.5) is 0 Å². The summed E-state index contributed by atoms with van der Waals surface area (Å²) >= 11 is 1.74. The van der Waals surface area contributed by atoms with Crippen molar-refractivity contribution in [1.29, 1.82) is 0 Å². The molecule has 2 amide bonds. The molecule has 2 fully saturated rings. The molecule has 2 aromatic carbocycles. The van der Waals surface area contributed by atoms with Gasteiger partial charge in [-0.2, -0.15) is 0 Å². The van der Waals surface area contributed by atoms with Crippen LogP contribution in [0.2, 0.25) is 0 Å². The third-order valence-electron chi connectivity index (χ3n) is 6.35. The molecule has 0 radical (unpaired) electrons. The minimum absolute atomic E-state index is 0.116. The molecule has 5 nitrogen and oxygen atoms in total. The molecule has 33 heavy (non-hydrogen) atoms. The van der Waals surface area contributed by atoms with Crippen LogP contribution in [0, 0.1) is 6.92 Å². The quantitative estimate of drug-likeness (QED) is 0.472. The normalized spacial score (nSPS) is 21.7. The number of fused-ring (bicyclic) bond motifs is 1. The number of nitrogens with zero attached hydrogens (tertiary/aromatic N) is 1. The van der Waals surface area contributed by atoms with Gasteiger partial charge in [0.15, 0.2) is 0 Å². The number of thioether (sulfide) groups is 1. The van der Waals surface area contributed by atoms with E-state index >= 15 is 0 Å². The number of aryl methyl sites for hydroxylation is 1. The molecule has 1 aliphatic carbocycles. The number of methoxy groups -OCH3 is 1. The van der Waals surface area contributed by atoms with Crippen LogP contribution < -0.4 is 5.32 Å². The minimum atomic E-state index is -0.122. The summed E-state index contributed by atoms with van der Waals surface area (Å²) in [6, 6.07) is 16.2. The van der Waals surface area contributed by atoms with Gasteiger partial charge in [-0.15, -0.1) is 11.8 Å². The summed E-state index contributed by atoms with van der Waals surface area (Å²) in [7, 11) is 1.61. The molecule has 1 saturated carbocycles. The molecule has 2 aliphatic rings. The van der Waals surface area contributed by atoms with Crippen LogP contribution in [0.1, 0.15) is 52.7 Å². The second-order valence-corrected chi connectivity index (χ2v) is 10.1. The zero-order chi connectivity index (χ0) is 23.2. The maximum atomic E-state index is 13.5. The lowest BCUT2D eigenvalue weighted by atomic mass is 9.92. The number of hydrogen-bond acceptors (Lipinski definition) is 4. The lowest BCUT2D eigenvalue weighted by Gasteiger charge is -2.44. The highest BCUT2D eigenvalue weighted by molar-refractivity contribution is 8.04. The summed E-state index contributed by atoms with van der Waals surface area (Å²) in [6.07, 6.45) is 6.61. The van der Waals surface area contributed by atoms with Gasteiger partial charge in [-0.3, -0.25) is 9.59 Å². The van der Waals surface area contributed by atoms with Crippen LogP contribution in [0.5, 0.6) is 0 Å². The summed E-state index contributed by atoms with van der Waals surface area (Å²) in [5.74, 6) is -0.00574. The third-order valence-corrected chi connectivity index (χ3v) is 7.75. The number of benzene rings is 2. The Hall–Kier alpha value is -2.57. The smallest absolute Gasteiger partial charge is 0.260 e. The molecule has 4 rings (SSSR count). The zero-order valence-electron chi connectivity index (χ0n) is 19.4. The molecule has 0 aromatic heterocycles. The van der Waals surface area contributed by atoms with Crippen LogP contribution in [0.15, 0.2) is 53.4 Å². The first kappa shape index (κ1) is 23.6. The van der Waals surface area contributed by atoms with Gasteiger partial charge in [0.25, 0.3) is 11.8 Å². The lowest BCUT2D eigenvalue weighted by molar-refractivity contribution is -0.130. The van der Waals surface area contributed by atoms with E-state index in [9.17, 15) is 9.59 Å². The highest BCUT2D eigenvalue weighted by Gasteiger charge is 2.40. The molecule has 1 heterocycles. The van der Waals surface area contributed by atoms with Crippen molar-refractivity contribution >= 4 is 29.7 Å². The average molecular weight is 465 g/mol. The Labute approximate surface area is 200 Å². The fraction of sp³-hybridized carbons (Fsp3) is 0.407. The van der Waals surface area contributed by atoms with Crippen LogP contribution in [0.25, 0.3) is 6.08 Å². The molecular weight excluding hydrogens is 432 g/mol. The number of nitrogens with one attached hydrogen (secondary N) is 1. The van der Waals surface area contributed by atoms with Crippen molar-refractivity contribution in [2.24, 2.45) is 0 Å². The van der Waals surface area contributed by atoms with Crippen LogP contribution in [-0.4, -0.2) is 48.3 Å². The predicted molar refractivity (Wildman–Crippen MR) is 134 cm³/mol. The molecule has 0 spiro atoms. The van der Waals surface area contributed by atoms with E-state index in [4.69, 9.17) is 4.74 Å². The summed E-state index contributed by atoms with van der Waals surface area (Å²) in [6.45, 7) is 3.69. The van der Waals surface area contributed by atoms with E-state index in [1.807, 2.05) is 18.2 Å². The van der Waals surface area contributed by atoms with Gasteiger partial charge in [-0.05, 0) is 49.1 Å². The Balaban J connectivity index is 1.52. The predicted octanol–water partition coefficient (Wildman–Crippen LogP) is 4.80. The summed E-state index contributed by atoms with van der Waals surface area (Å²) < 4.78 is 4.97. The van der Waals surface area contributed by atoms with Gasteiger partial charge < -0.3 is 15.0 Å². The van der Waals surface area contributed by atoms with Crippen molar-refractivity contribution in [3.8, 4) is 0 Å². The Kier molecular flexibility index (Phi) is 7.89. The van der Waals surface area contributed by atoms with Crippen molar-refractivity contribution in [1.82, 2.24) is 10.2 Å². The molecule has 1 saturated heterocycles. The Morgan fingerprint density at radius 3 is 2.58 bits per heavy atom. The fourth-order valence-electron chi connectivity index (χ4n) is 4.50. The Morgan fingerprint density at radius 1 is 1.12 bits per heavy atom. The molecular formula is C27H32N2O3S. The van der Waals surface area contributed by atoms with Gasteiger partial charge >= 0.3 is 0 Å². The lowest BCUT2D eigenvalue weighted by Crippen LogP contribution is -2.50. The Bertz CT molecular complexity index is 1000. The van der Waals surface area contributed by atoms with E-state index in [1.54, 1.807) is 31.0 Å². The first-order chi connectivity index (χ1) is 16.0. The number of carbonyl (C=O) groups excluding carboxylic acids is 2. The molecule has 1 N–H and O–H groups in total. The molecule has 1 aliphatic heterocycles. The van der Waals surface area contributed by atoms with E-state index in [2.05, 4.69) is 41.4 Å². The minimum Gasteiger partial charge on any atom is -0.383 e. The van der Waals surface area contributed by atoms with Crippen molar-refractivity contribution in [2.45, 2.75) is 50.4 Å². The molecule has 174 valence electrons. The topological polar surface area (TPSA) is 58.6 Å². The largest absolute Gasteiger partial charge is 0.383 e. The number of rotatable bonds is 7. The molecule has 6 heteroatoms. The molecule has 2 unspecified atom stereocenters. The van der Waals surface area contributed by atoms with Crippen molar-refractivity contribution in [3.05, 3.63) is 75.7 Å². The number of amides is 2. The van der Waals surface area contributed by atoms with E-state index in [-0.39, 0.29) is 11.8 Å². The summed E-state index contributed by atoms with van der Waals surface area (Å²) in [5.41, 5.74) is 3.94. The average Bonchev–Trinajstić information content (AvgIpc) is 2.83. The van der Waals surface area contributed by atoms with Gasteiger partial charge in [-0.25, -0.2) is 0 Å². The van der Waals surface area contributed by atoms with Crippen molar-refractivity contribution in [2.75, 3.05) is 20.3 Å². The van der Waals surface area contributed by atoms with Crippen LogP contribution in [-0.2, 0) is 16.1 Å². The highest BCUT2D eigenvalue weighted by Crippen LogP contribution is 2.42. The number of hydrogen-bond donors (Lipinski definition) is 1. The second-order valence-electron chi connectivity index (χ2n) is 8.81. The van der Waals surface area contributed by atoms with Crippen molar-refractivity contribution in [3.63, 3.8) is 0 Å². The first-order valence-electron chi connectivity index (χ1n) is 11.7. The van der Waals surface area contributed by atoms with E-state index < -0.39 is 0 Å². The van der Waals surface area contributed by atoms with E-state index in [1.165, 1.54) is 24.0 Å². The summed E-state index contributed by atoms with van der Waals surface area (Å²) in [5, 5.41) is 3.27. The SMILES string of the molecule is COCCNC(=O)c1ccc(/C=C2/SC3CCCCC3N(Cc3ccc(C)cc3)C2=O)cc1. The highest BCUT2D eigenvalue weighted by atomic mass is 32.2. The van der Waals surface area contributed by atoms with Crippen LogP contribution >= 0.6 is 11.8 Å². The fourth-order valence-corrected chi connectivity index (χ4v) is 5.98. The zero-order valence-corrected chi connectivity index (χ0v) is 20.2. The van der Waals surface area contributed by atoms with Gasteiger partial charge in [0.1, 0.15) is 0 Å². The van der Waals surface area contributed by atoms with Gasteiger partial charge in [0, 0.05) is 37.1 Å². The van der Waals surface area contributed by atoms with Gasteiger partial charge in [-0.1, -0.05) is 54.8 Å². The Morgan fingerprint density at radius 2 is 1.85 bits per heavy atom. The third kappa shape index (κ3) is 5.87. The second kappa shape index (κ2) is 11.0. The maximum Gasteiger partial charge on any atom is 0.260 e. The van der Waals surface area contributed by atoms with Crippen molar-refractivity contribution < 1.29 is 14.3 Å². The number of carbonyl (C=O) groups is 2. The summed E-state index contributed by atoms with van der Waals surface area (Å²) in [4.78, 5) is 28.6. The molecule has 2 atom stereocenters.